The van der Waals surface area contributed by atoms with E-state index in [-0.39, 0.29) is 25.1 Å². The summed E-state index contributed by atoms with van der Waals surface area (Å²) in [6.07, 6.45) is 1.99. The highest BCUT2D eigenvalue weighted by molar-refractivity contribution is 5.32. The van der Waals surface area contributed by atoms with Crippen LogP contribution in [0.1, 0.15) is 25.5 Å². The van der Waals surface area contributed by atoms with Gasteiger partial charge in [0.05, 0.1) is 13.2 Å². The second kappa shape index (κ2) is 6.88. The zero-order valence-corrected chi connectivity index (χ0v) is 12.5. The van der Waals surface area contributed by atoms with Crippen molar-refractivity contribution in [3.8, 4) is 5.75 Å². The van der Waals surface area contributed by atoms with Gasteiger partial charge >= 0.3 is 0 Å². The Morgan fingerprint density at radius 3 is 2.40 bits per heavy atom. The molecule has 1 aromatic rings. The highest BCUT2D eigenvalue weighted by Crippen LogP contribution is 2.31. The summed E-state index contributed by atoms with van der Waals surface area (Å²) in [7, 11) is 3.28. The lowest BCUT2D eigenvalue weighted by Gasteiger charge is -2.33. The third kappa shape index (κ3) is 3.39. The van der Waals surface area contributed by atoms with Crippen molar-refractivity contribution in [2.24, 2.45) is 0 Å². The molecule has 4 nitrogen and oxygen atoms in total. The van der Waals surface area contributed by atoms with Crippen molar-refractivity contribution in [2.45, 2.75) is 32.2 Å². The highest BCUT2D eigenvalue weighted by atomic mass is 16.7. The fourth-order valence-electron chi connectivity index (χ4n) is 2.42. The van der Waals surface area contributed by atoms with E-state index < -0.39 is 0 Å². The molecule has 20 heavy (non-hydrogen) atoms. The largest absolute Gasteiger partial charge is 0.497 e. The molecule has 4 heteroatoms. The summed E-state index contributed by atoms with van der Waals surface area (Å²) in [5.41, 5.74) is 2.28. The molecule has 0 bridgehead atoms. The molecule has 2 rings (SSSR count). The predicted molar refractivity (Wildman–Crippen MR) is 76.8 cm³/mol. The molecule has 0 unspecified atom stereocenters. The van der Waals surface area contributed by atoms with Gasteiger partial charge in [-0.1, -0.05) is 12.1 Å². The first-order chi connectivity index (χ1) is 9.65. The second-order valence-corrected chi connectivity index (χ2v) is 4.94. The van der Waals surface area contributed by atoms with E-state index in [9.17, 15) is 0 Å². The monoisotopic (exact) mass is 278 g/mol. The van der Waals surface area contributed by atoms with Gasteiger partial charge in [-0.25, -0.2) is 0 Å². The smallest absolute Gasteiger partial charge is 0.147 e. The molecule has 0 saturated carbocycles. The fraction of sp³-hybridized carbons (Fsp3) is 0.500. The average Bonchev–Trinajstić information content (AvgIpc) is 2.46. The Balaban J connectivity index is 2.12. The highest BCUT2D eigenvalue weighted by Gasteiger charge is 2.29. The van der Waals surface area contributed by atoms with Gasteiger partial charge in [-0.05, 0) is 43.2 Å². The number of hydrogen-bond donors (Lipinski definition) is 0. The maximum absolute atomic E-state index is 6.03. The van der Waals surface area contributed by atoms with Gasteiger partial charge in [0.1, 0.15) is 24.8 Å². The molecule has 1 aliphatic heterocycles. The molecule has 0 radical (unpaired) electrons. The van der Waals surface area contributed by atoms with Gasteiger partial charge in [0.15, 0.2) is 0 Å². The van der Waals surface area contributed by atoms with Crippen molar-refractivity contribution in [3.63, 3.8) is 0 Å². The summed E-state index contributed by atoms with van der Waals surface area (Å²) >= 11 is 0. The maximum Gasteiger partial charge on any atom is 0.147 e. The van der Waals surface area contributed by atoms with Crippen LogP contribution >= 0.6 is 0 Å². The van der Waals surface area contributed by atoms with Gasteiger partial charge in [-0.3, -0.25) is 0 Å². The van der Waals surface area contributed by atoms with Crippen LogP contribution in [0, 0.1) is 0 Å². The SMILES string of the molecule is COCO[C@@H]1C(C)=C[C@H](c2ccc(OC)cc2)O[C@@H]1C. The first-order valence-electron chi connectivity index (χ1n) is 6.74. The van der Waals surface area contributed by atoms with Crippen molar-refractivity contribution in [2.75, 3.05) is 21.0 Å². The van der Waals surface area contributed by atoms with E-state index in [1.54, 1.807) is 14.2 Å². The Bertz CT molecular complexity index is 452. The second-order valence-electron chi connectivity index (χ2n) is 4.94. The number of benzene rings is 1. The minimum absolute atomic E-state index is 0.0118. The summed E-state index contributed by atoms with van der Waals surface area (Å²) in [5, 5.41) is 0. The zero-order valence-electron chi connectivity index (χ0n) is 12.5. The first kappa shape index (κ1) is 15.0. The summed E-state index contributed by atoms with van der Waals surface area (Å²) < 4.78 is 21.8. The first-order valence-corrected chi connectivity index (χ1v) is 6.74. The molecule has 0 spiro atoms. The Morgan fingerprint density at radius 2 is 1.85 bits per heavy atom. The average molecular weight is 278 g/mol. The lowest BCUT2D eigenvalue weighted by molar-refractivity contribution is -0.127. The Hall–Kier alpha value is -1.36. The molecule has 1 aliphatic rings. The zero-order chi connectivity index (χ0) is 14.5. The number of rotatable bonds is 5. The third-order valence-electron chi connectivity index (χ3n) is 3.46. The molecule has 1 aromatic carbocycles. The summed E-state index contributed by atoms with van der Waals surface area (Å²) in [4.78, 5) is 0. The Labute approximate surface area is 120 Å². The van der Waals surface area contributed by atoms with Crippen molar-refractivity contribution in [1.82, 2.24) is 0 Å². The minimum Gasteiger partial charge on any atom is -0.497 e. The molecule has 0 fully saturated rings. The fourth-order valence-corrected chi connectivity index (χ4v) is 2.42. The molecule has 3 atom stereocenters. The topological polar surface area (TPSA) is 36.9 Å². The molecule has 0 N–H and O–H groups in total. The molecule has 110 valence electrons. The molecule has 0 aromatic heterocycles. The van der Waals surface area contributed by atoms with Crippen molar-refractivity contribution >= 4 is 0 Å². The molecule has 0 saturated heterocycles. The number of methoxy groups -OCH3 is 2. The lowest BCUT2D eigenvalue weighted by atomic mass is 9.97. The normalized spacial score (nSPS) is 26.2. The van der Waals surface area contributed by atoms with E-state index in [1.807, 2.05) is 31.2 Å². The molecule has 0 amide bonds. The van der Waals surface area contributed by atoms with E-state index in [4.69, 9.17) is 18.9 Å². The van der Waals surface area contributed by atoms with Gasteiger partial charge in [0.25, 0.3) is 0 Å². The van der Waals surface area contributed by atoms with E-state index in [0.29, 0.717) is 0 Å². The van der Waals surface area contributed by atoms with Crippen molar-refractivity contribution in [1.29, 1.82) is 0 Å². The quantitative estimate of drug-likeness (QED) is 0.612. The van der Waals surface area contributed by atoms with Gasteiger partial charge in [0, 0.05) is 7.11 Å². The minimum atomic E-state index is -0.0514. The molecular weight excluding hydrogens is 256 g/mol. The van der Waals surface area contributed by atoms with Gasteiger partial charge in [-0.15, -0.1) is 0 Å². The molecule has 1 heterocycles. The van der Waals surface area contributed by atoms with E-state index in [1.165, 1.54) is 5.57 Å². The number of ether oxygens (including phenoxy) is 4. The third-order valence-corrected chi connectivity index (χ3v) is 3.46. The van der Waals surface area contributed by atoms with Crippen LogP contribution in [0.15, 0.2) is 35.9 Å². The van der Waals surface area contributed by atoms with Crippen LogP contribution in [0.5, 0.6) is 5.75 Å². The Morgan fingerprint density at radius 1 is 1.15 bits per heavy atom. The molecule has 0 aliphatic carbocycles. The van der Waals surface area contributed by atoms with Gasteiger partial charge in [-0.2, -0.15) is 0 Å². The Kier molecular flexibility index (Phi) is 5.17. The van der Waals surface area contributed by atoms with E-state index in [2.05, 4.69) is 13.0 Å². The van der Waals surface area contributed by atoms with Crippen LogP contribution in [-0.4, -0.2) is 33.2 Å². The summed E-state index contributed by atoms with van der Waals surface area (Å²) in [6, 6.07) is 7.94. The van der Waals surface area contributed by atoms with Crippen LogP contribution in [0.2, 0.25) is 0 Å². The number of hydrogen-bond acceptors (Lipinski definition) is 4. The van der Waals surface area contributed by atoms with E-state index >= 15 is 0 Å². The lowest BCUT2D eigenvalue weighted by Crippen LogP contribution is -2.35. The van der Waals surface area contributed by atoms with Gasteiger partial charge < -0.3 is 18.9 Å². The van der Waals surface area contributed by atoms with Crippen LogP contribution in [0.4, 0.5) is 0 Å². The standard InChI is InChI=1S/C16H22O4/c1-11-9-15(13-5-7-14(18-4)8-6-13)20-12(2)16(11)19-10-17-3/h5-9,12,15-16H,10H2,1-4H3/t12-,15-,16-/m1/s1. The summed E-state index contributed by atoms with van der Waals surface area (Å²) in [6.45, 7) is 4.36. The van der Waals surface area contributed by atoms with Crippen LogP contribution in [0.25, 0.3) is 0 Å². The predicted octanol–water partition coefficient (Wildman–Crippen LogP) is 3.09. The van der Waals surface area contributed by atoms with Crippen LogP contribution < -0.4 is 4.74 Å². The van der Waals surface area contributed by atoms with E-state index in [0.717, 1.165) is 11.3 Å². The molecular formula is C16H22O4. The van der Waals surface area contributed by atoms with Crippen molar-refractivity contribution in [3.05, 3.63) is 41.5 Å². The van der Waals surface area contributed by atoms with Gasteiger partial charge in [0.2, 0.25) is 0 Å². The van der Waals surface area contributed by atoms with Crippen LogP contribution in [-0.2, 0) is 14.2 Å². The maximum atomic E-state index is 6.03. The van der Waals surface area contributed by atoms with Crippen molar-refractivity contribution < 1.29 is 18.9 Å². The van der Waals surface area contributed by atoms with Crippen LogP contribution in [0.3, 0.4) is 0 Å². The summed E-state index contributed by atoms with van der Waals surface area (Å²) in [5.74, 6) is 0.847.